The van der Waals surface area contributed by atoms with Gasteiger partial charge in [0, 0.05) is 13.1 Å². The Balaban J connectivity index is 2.04. The second-order valence-electron chi connectivity index (χ2n) is 5.78. The largest absolute Gasteiger partial charge is 0.342 e. The van der Waals surface area contributed by atoms with Crippen molar-refractivity contribution >= 4 is 5.91 Å². The summed E-state index contributed by atoms with van der Waals surface area (Å²) in [6, 6.07) is 8.26. The molecule has 1 amide bonds. The minimum atomic E-state index is 0.0766. The molecule has 2 rings (SSSR count). The van der Waals surface area contributed by atoms with Crippen molar-refractivity contribution in [1.29, 1.82) is 0 Å². The average molecular weight is 260 g/mol. The van der Waals surface area contributed by atoms with E-state index in [9.17, 15) is 4.79 Å². The van der Waals surface area contributed by atoms with Gasteiger partial charge in [-0.15, -0.1) is 0 Å². The summed E-state index contributed by atoms with van der Waals surface area (Å²) in [7, 11) is 0. The quantitative estimate of drug-likeness (QED) is 0.852. The van der Waals surface area contributed by atoms with E-state index in [0.29, 0.717) is 12.5 Å². The molecule has 0 bridgehead atoms. The maximum absolute atomic E-state index is 12.6. The van der Waals surface area contributed by atoms with E-state index in [4.69, 9.17) is 5.73 Å². The van der Waals surface area contributed by atoms with Crippen LogP contribution in [0.15, 0.2) is 24.3 Å². The molecule has 0 radical (unpaired) electrons. The highest BCUT2D eigenvalue weighted by Crippen LogP contribution is 2.36. The summed E-state index contributed by atoms with van der Waals surface area (Å²) >= 11 is 0. The molecule has 0 saturated carbocycles. The molecule has 1 aliphatic rings. The summed E-state index contributed by atoms with van der Waals surface area (Å²) < 4.78 is 0. The molecular formula is C16H24N2O. The molecule has 1 aromatic carbocycles. The number of amides is 1. The SMILES string of the molecule is CC(C)CN(CCCN)C(=O)C1Cc2ccccc21. The van der Waals surface area contributed by atoms with E-state index in [2.05, 4.69) is 26.0 Å². The zero-order chi connectivity index (χ0) is 13.8. The Morgan fingerprint density at radius 3 is 2.79 bits per heavy atom. The summed E-state index contributed by atoms with van der Waals surface area (Å²) in [5.41, 5.74) is 8.11. The van der Waals surface area contributed by atoms with E-state index in [-0.39, 0.29) is 11.8 Å². The van der Waals surface area contributed by atoms with E-state index in [1.165, 1.54) is 11.1 Å². The van der Waals surface area contributed by atoms with Crippen LogP contribution in [0.25, 0.3) is 0 Å². The van der Waals surface area contributed by atoms with Gasteiger partial charge in [0.1, 0.15) is 0 Å². The molecule has 3 nitrogen and oxygen atoms in total. The predicted octanol–water partition coefficient (Wildman–Crippen LogP) is 2.16. The van der Waals surface area contributed by atoms with Gasteiger partial charge in [-0.3, -0.25) is 4.79 Å². The lowest BCUT2D eigenvalue weighted by Gasteiger charge is -2.34. The third kappa shape index (κ3) is 3.16. The first kappa shape index (κ1) is 14.1. The fourth-order valence-electron chi connectivity index (χ4n) is 2.71. The van der Waals surface area contributed by atoms with Crippen LogP contribution >= 0.6 is 0 Å². The molecule has 0 heterocycles. The van der Waals surface area contributed by atoms with Crippen LogP contribution < -0.4 is 5.73 Å². The lowest BCUT2D eigenvalue weighted by molar-refractivity contribution is -0.134. The van der Waals surface area contributed by atoms with Gasteiger partial charge in [-0.1, -0.05) is 38.1 Å². The van der Waals surface area contributed by atoms with Gasteiger partial charge in [0.15, 0.2) is 0 Å². The lowest BCUT2D eigenvalue weighted by Crippen LogP contribution is -2.42. The van der Waals surface area contributed by atoms with Crippen molar-refractivity contribution in [3.05, 3.63) is 35.4 Å². The van der Waals surface area contributed by atoms with E-state index in [0.717, 1.165) is 25.9 Å². The first-order valence-electron chi connectivity index (χ1n) is 7.20. The van der Waals surface area contributed by atoms with E-state index in [1.54, 1.807) is 0 Å². The Morgan fingerprint density at radius 1 is 1.42 bits per heavy atom. The third-order valence-corrected chi connectivity index (χ3v) is 3.68. The highest BCUT2D eigenvalue weighted by molar-refractivity contribution is 5.87. The Kier molecular flexibility index (Phi) is 4.59. The van der Waals surface area contributed by atoms with Crippen LogP contribution in [-0.4, -0.2) is 30.4 Å². The molecule has 1 atom stereocenters. The predicted molar refractivity (Wildman–Crippen MR) is 78.0 cm³/mol. The zero-order valence-electron chi connectivity index (χ0n) is 11.9. The van der Waals surface area contributed by atoms with E-state index < -0.39 is 0 Å². The zero-order valence-corrected chi connectivity index (χ0v) is 11.9. The Morgan fingerprint density at radius 2 is 2.16 bits per heavy atom. The number of hydrogen-bond donors (Lipinski definition) is 1. The number of benzene rings is 1. The van der Waals surface area contributed by atoms with Gasteiger partial charge in [0.2, 0.25) is 5.91 Å². The summed E-state index contributed by atoms with van der Waals surface area (Å²) in [4.78, 5) is 14.6. The van der Waals surface area contributed by atoms with Crippen LogP contribution in [0.5, 0.6) is 0 Å². The highest BCUT2D eigenvalue weighted by atomic mass is 16.2. The Labute approximate surface area is 115 Å². The average Bonchev–Trinajstić information content (AvgIpc) is 2.35. The van der Waals surface area contributed by atoms with Crippen molar-refractivity contribution in [2.24, 2.45) is 11.7 Å². The van der Waals surface area contributed by atoms with Crippen LogP contribution in [0, 0.1) is 5.92 Å². The topological polar surface area (TPSA) is 46.3 Å². The summed E-state index contributed by atoms with van der Waals surface area (Å²) in [6.45, 7) is 6.56. The fourth-order valence-corrected chi connectivity index (χ4v) is 2.71. The molecule has 1 unspecified atom stereocenters. The van der Waals surface area contributed by atoms with Crippen LogP contribution in [0.3, 0.4) is 0 Å². The maximum atomic E-state index is 12.6. The van der Waals surface area contributed by atoms with Gasteiger partial charge in [-0.2, -0.15) is 0 Å². The summed E-state index contributed by atoms with van der Waals surface area (Å²) in [5, 5.41) is 0. The molecule has 0 spiro atoms. The molecule has 0 aromatic heterocycles. The van der Waals surface area contributed by atoms with Crippen molar-refractivity contribution < 1.29 is 4.79 Å². The van der Waals surface area contributed by atoms with E-state index >= 15 is 0 Å². The number of hydrogen-bond acceptors (Lipinski definition) is 2. The van der Waals surface area contributed by atoms with Crippen LogP contribution in [0.1, 0.15) is 37.3 Å². The van der Waals surface area contributed by atoms with Crippen LogP contribution in [0.2, 0.25) is 0 Å². The maximum Gasteiger partial charge on any atom is 0.230 e. The van der Waals surface area contributed by atoms with Gasteiger partial charge < -0.3 is 10.6 Å². The monoisotopic (exact) mass is 260 g/mol. The summed E-state index contributed by atoms with van der Waals surface area (Å²) in [5.74, 6) is 0.852. The molecule has 1 aromatic rings. The first-order valence-corrected chi connectivity index (χ1v) is 7.20. The minimum absolute atomic E-state index is 0.0766. The number of fused-ring (bicyclic) bond motifs is 1. The van der Waals surface area contributed by atoms with Crippen molar-refractivity contribution in [3.8, 4) is 0 Å². The normalized spacial score (nSPS) is 16.9. The summed E-state index contributed by atoms with van der Waals surface area (Å²) in [6.07, 6.45) is 1.78. The molecule has 3 heteroatoms. The number of carbonyl (C=O) groups excluding carboxylic acids is 1. The lowest BCUT2D eigenvalue weighted by atomic mass is 9.76. The molecule has 0 fully saturated rings. The van der Waals surface area contributed by atoms with Gasteiger partial charge in [-0.25, -0.2) is 0 Å². The number of rotatable bonds is 6. The van der Waals surface area contributed by atoms with Gasteiger partial charge >= 0.3 is 0 Å². The van der Waals surface area contributed by atoms with Crippen molar-refractivity contribution in [3.63, 3.8) is 0 Å². The molecule has 1 aliphatic carbocycles. The van der Waals surface area contributed by atoms with Gasteiger partial charge in [0.05, 0.1) is 5.92 Å². The van der Waals surface area contributed by atoms with Crippen molar-refractivity contribution in [2.75, 3.05) is 19.6 Å². The molecule has 104 valence electrons. The smallest absolute Gasteiger partial charge is 0.230 e. The van der Waals surface area contributed by atoms with Crippen molar-refractivity contribution in [2.45, 2.75) is 32.6 Å². The molecular weight excluding hydrogens is 236 g/mol. The fraction of sp³-hybridized carbons (Fsp3) is 0.562. The Hall–Kier alpha value is -1.35. The van der Waals surface area contributed by atoms with Crippen molar-refractivity contribution in [1.82, 2.24) is 4.90 Å². The molecule has 0 aliphatic heterocycles. The van der Waals surface area contributed by atoms with Gasteiger partial charge in [-0.05, 0) is 36.4 Å². The second kappa shape index (κ2) is 6.20. The molecule has 0 saturated heterocycles. The highest BCUT2D eigenvalue weighted by Gasteiger charge is 2.34. The third-order valence-electron chi connectivity index (χ3n) is 3.68. The van der Waals surface area contributed by atoms with E-state index in [1.807, 2.05) is 17.0 Å². The standard InChI is InChI=1S/C16H24N2O/c1-12(2)11-18(9-5-8-17)16(19)15-10-13-6-3-4-7-14(13)15/h3-4,6-7,12,15H,5,8-11,17H2,1-2H3. The van der Waals surface area contributed by atoms with Crippen LogP contribution in [0.4, 0.5) is 0 Å². The van der Waals surface area contributed by atoms with Gasteiger partial charge in [0.25, 0.3) is 0 Å². The van der Waals surface area contributed by atoms with Crippen LogP contribution in [-0.2, 0) is 11.2 Å². The second-order valence-corrected chi connectivity index (χ2v) is 5.78. The number of nitrogens with two attached hydrogens (primary N) is 1. The minimum Gasteiger partial charge on any atom is -0.342 e. The number of carbonyl (C=O) groups is 1. The number of nitrogens with zero attached hydrogens (tertiary/aromatic N) is 1. The molecule has 19 heavy (non-hydrogen) atoms. The first-order chi connectivity index (χ1) is 9.13. The molecule has 2 N–H and O–H groups in total. The Bertz CT molecular complexity index is 442.